The number of fused-ring (bicyclic) bond motifs is 1. The Hall–Kier alpha value is -2.23. The summed E-state index contributed by atoms with van der Waals surface area (Å²) < 4.78 is 35.7. The van der Waals surface area contributed by atoms with E-state index in [0.717, 1.165) is 6.26 Å². The van der Waals surface area contributed by atoms with Gasteiger partial charge in [0, 0.05) is 16.7 Å². The second-order valence-electron chi connectivity index (χ2n) is 5.17. The van der Waals surface area contributed by atoms with Crippen LogP contribution in [0.3, 0.4) is 0 Å². The van der Waals surface area contributed by atoms with Crippen molar-refractivity contribution < 1.29 is 17.7 Å². The first-order chi connectivity index (χ1) is 11.7. The smallest absolute Gasteiger partial charge is 0.231 e. The molecule has 2 aromatic heterocycles. The summed E-state index contributed by atoms with van der Waals surface area (Å²) >= 11 is 12.1. The zero-order valence-corrected chi connectivity index (χ0v) is 15.1. The molecule has 0 saturated heterocycles. The molecule has 0 atom stereocenters. The SMILES string of the molecule is CS(=O)(=O)Nc1noc2cc(COc3cnc(N)c(Cl)c3)c(Cl)cc12. The average Bonchev–Trinajstić information content (AvgIpc) is 2.88. The van der Waals surface area contributed by atoms with Crippen LogP contribution in [0.2, 0.25) is 10.0 Å². The summed E-state index contributed by atoms with van der Waals surface area (Å²) in [5, 5.41) is 4.78. The molecule has 0 aliphatic rings. The molecule has 0 fully saturated rings. The van der Waals surface area contributed by atoms with Crippen molar-refractivity contribution in [3.05, 3.63) is 40.0 Å². The van der Waals surface area contributed by atoms with E-state index >= 15 is 0 Å². The van der Waals surface area contributed by atoms with E-state index in [9.17, 15) is 8.42 Å². The highest BCUT2D eigenvalue weighted by atomic mass is 35.5. The number of benzene rings is 1. The lowest BCUT2D eigenvalue weighted by Gasteiger charge is -2.08. The first kappa shape index (κ1) is 17.6. The van der Waals surface area contributed by atoms with Crippen LogP contribution in [-0.4, -0.2) is 24.8 Å². The minimum atomic E-state index is -3.49. The molecule has 0 aliphatic heterocycles. The number of anilines is 2. The normalized spacial score (nSPS) is 11.6. The van der Waals surface area contributed by atoms with Gasteiger partial charge in [0.25, 0.3) is 0 Å². The Labute approximate surface area is 152 Å². The summed E-state index contributed by atoms with van der Waals surface area (Å²) in [7, 11) is -3.49. The number of nitrogens with one attached hydrogen (secondary N) is 1. The summed E-state index contributed by atoms with van der Waals surface area (Å²) in [4.78, 5) is 3.89. The number of ether oxygens (including phenoxy) is 1. The molecule has 3 rings (SSSR count). The maximum atomic E-state index is 11.3. The third-order valence-corrected chi connectivity index (χ3v) is 4.38. The number of hydrogen-bond acceptors (Lipinski definition) is 7. The Morgan fingerprint density at radius 3 is 2.72 bits per heavy atom. The van der Waals surface area contributed by atoms with Crippen molar-refractivity contribution in [1.82, 2.24) is 10.1 Å². The molecular weight excluding hydrogens is 391 g/mol. The lowest BCUT2D eigenvalue weighted by atomic mass is 10.2. The predicted molar refractivity (Wildman–Crippen MR) is 95.5 cm³/mol. The Bertz CT molecular complexity index is 1050. The topological polar surface area (TPSA) is 120 Å². The number of pyridine rings is 1. The van der Waals surface area contributed by atoms with Gasteiger partial charge in [-0.2, -0.15) is 0 Å². The molecule has 8 nitrogen and oxygen atoms in total. The van der Waals surface area contributed by atoms with Gasteiger partial charge in [0.15, 0.2) is 11.4 Å². The van der Waals surface area contributed by atoms with Gasteiger partial charge in [-0.25, -0.2) is 13.4 Å². The molecule has 0 unspecified atom stereocenters. The second-order valence-corrected chi connectivity index (χ2v) is 7.73. The van der Waals surface area contributed by atoms with E-state index < -0.39 is 10.0 Å². The largest absolute Gasteiger partial charge is 0.487 e. The van der Waals surface area contributed by atoms with Gasteiger partial charge in [0.05, 0.1) is 22.9 Å². The number of hydrogen-bond donors (Lipinski definition) is 2. The molecule has 0 bridgehead atoms. The van der Waals surface area contributed by atoms with Crippen LogP contribution in [0.4, 0.5) is 11.6 Å². The fourth-order valence-electron chi connectivity index (χ4n) is 2.03. The van der Waals surface area contributed by atoms with Gasteiger partial charge in [0.2, 0.25) is 10.0 Å². The van der Waals surface area contributed by atoms with E-state index in [1.807, 2.05) is 0 Å². The molecule has 0 amide bonds. The van der Waals surface area contributed by atoms with E-state index in [4.69, 9.17) is 38.2 Å². The molecule has 11 heteroatoms. The Morgan fingerprint density at radius 1 is 1.28 bits per heavy atom. The molecular formula is C14H12Cl2N4O4S. The monoisotopic (exact) mass is 402 g/mol. The molecule has 132 valence electrons. The van der Waals surface area contributed by atoms with Gasteiger partial charge in [-0.15, -0.1) is 0 Å². The Balaban J connectivity index is 1.85. The Morgan fingerprint density at radius 2 is 2.04 bits per heavy atom. The van der Waals surface area contributed by atoms with Gasteiger partial charge >= 0.3 is 0 Å². The number of sulfonamides is 1. The zero-order chi connectivity index (χ0) is 18.2. The maximum Gasteiger partial charge on any atom is 0.231 e. The lowest BCUT2D eigenvalue weighted by Crippen LogP contribution is -2.09. The van der Waals surface area contributed by atoms with E-state index in [-0.39, 0.29) is 23.3 Å². The first-order valence-electron chi connectivity index (χ1n) is 6.82. The van der Waals surface area contributed by atoms with E-state index in [1.54, 1.807) is 18.2 Å². The molecule has 3 aromatic rings. The maximum absolute atomic E-state index is 11.3. The van der Waals surface area contributed by atoms with Gasteiger partial charge in [-0.05, 0) is 12.1 Å². The van der Waals surface area contributed by atoms with Crippen molar-refractivity contribution >= 4 is 55.8 Å². The van der Waals surface area contributed by atoms with Crippen molar-refractivity contribution in [1.29, 1.82) is 0 Å². The third kappa shape index (κ3) is 4.06. The Kier molecular flexibility index (Phi) is 4.63. The number of aromatic nitrogens is 2. The number of nitrogens with two attached hydrogens (primary N) is 1. The molecule has 25 heavy (non-hydrogen) atoms. The van der Waals surface area contributed by atoms with Crippen LogP contribution in [0, 0.1) is 0 Å². The highest BCUT2D eigenvalue weighted by molar-refractivity contribution is 7.92. The zero-order valence-electron chi connectivity index (χ0n) is 12.8. The van der Waals surface area contributed by atoms with Gasteiger partial charge in [0.1, 0.15) is 18.2 Å². The van der Waals surface area contributed by atoms with Gasteiger partial charge in [-0.1, -0.05) is 28.4 Å². The first-order valence-corrected chi connectivity index (χ1v) is 9.47. The fraction of sp³-hybridized carbons (Fsp3) is 0.143. The third-order valence-electron chi connectivity index (χ3n) is 3.16. The van der Waals surface area contributed by atoms with Gasteiger partial charge < -0.3 is 15.0 Å². The summed E-state index contributed by atoms with van der Waals surface area (Å²) in [5.41, 5.74) is 6.52. The summed E-state index contributed by atoms with van der Waals surface area (Å²) in [6, 6.07) is 4.71. The fourth-order valence-corrected chi connectivity index (χ4v) is 2.90. The molecule has 0 saturated carbocycles. The predicted octanol–water partition coefficient (Wildman–Crippen LogP) is 3.06. The van der Waals surface area contributed by atoms with Gasteiger partial charge in [-0.3, -0.25) is 4.72 Å². The van der Waals surface area contributed by atoms with Crippen LogP contribution in [-0.2, 0) is 16.6 Å². The lowest BCUT2D eigenvalue weighted by molar-refractivity contribution is 0.305. The molecule has 3 N–H and O–H groups in total. The average molecular weight is 403 g/mol. The molecule has 0 radical (unpaired) electrons. The standard InChI is InChI=1S/C14H12Cl2N4O4S/c1-25(21,22)20-14-9-4-10(15)7(2-12(9)24-19-14)6-23-8-3-11(16)13(17)18-5-8/h2-5H,6H2,1H3,(H2,17,18)(H,19,20). The van der Waals surface area contributed by atoms with Crippen LogP contribution in [0.5, 0.6) is 5.75 Å². The van der Waals surface area contributed by atoms with Crippen molar-refractivity contribution in [2.75, 3.05) is 16.7 Å². The van der Waals surface area contributed by atoms with E-state index in [1.165, 1.54) is 6.20 Å². The minimum absolute atomic E-state index is 0.0707. The molecule has 2 heterocycles. The summed E-state index contributed by atoms with van der Waals surface area (Å²) in [5.74, 6) is 0.704. The van der Waals surface area contributed by atoms with Crippen LogP contribution >= 0.6 is 23.2 Å². The number of nitrogens with zero attached hydrogens (tertiary/aromatic N) is 2. The van der Waals surface area contributed by atoms with E-state index in [2.05, 4.69) is 14.9 Å². The minimum Gasteiger partial charge on any atom is -0.487 e. The second kappa shape index (κ2) is 6.58. The van der Waals surface area contributed by atoms with E-state index in [0.29, 0.717) is 27.3 Å². The van der Waals surface area contributed by atoms with Crippen LogP contribution in [0.15, 0.2) is 28.9 Å². The van der Waals surface area contributed by atoms with Crippen LogP contribution < -0.4 is 15.2 Å². The van der Waals surface area contributed by atoms with Crippen LogP contribution in [0.25, 0.3) is 11.0 Å². The van der Waals surface area contributed by atoms with Crippen molar-refractivity contribution in [2.45, 2.75) is 6.61 Å². The van der Waals surface area contributed by atoms with Crippen molar-refractivity contribution in [3.8, 4) is 5.75 Å². The number of halogens is 2. The molecule has 1 aromatic carbocycles. The van der Waals surface area contributed by atoms with Crippen molar-refractivity contribution in [2.24, 2.45) is 0 Å². The quantitative estimate of drug-likeness (QED) is 0.672. The van der Waals surface area contributed by atoms with Crippen LogP contribution in [0.1, 0.15) is 5.56 Å². The number of rotatable bonds is 5. The summed E-state index contributed by atoms with van der Waals surface area (Å²) in [6.07, 6.45) is 2.46. The van der Waals surface area contributed by atoms with Crippen molar-refractivity contribution in [3.63, 3.8) is 0 Å². The molecule has 0 aliphatic carbocycles. The summed E-state index contributed by atoms with van der Waals surface area (Å²) in [6.45, 7) is 0.117. The molecule has 0 spiro atoms. The number of nitrogen functional groups attached to an aromatic ring is 1. The highest BCUT2D eigenvalue weighted by Gasteiger charge is 2.15. The highest BCUT2D eigenvalue weighted by Crippen LogP contribution is 2.30.